The SMILES string of the molecule is Cc1sc(CN)cc1S(=O)(=O)NCC1CCCCS1. The number of nitrogens with two attached hydrogens (primary N) is 1. The number of aryl methyl sites for hydroxylation is 1. The highest BCUT2D eigenvalue weighted by Gasteiger charge is 2.22. The fourth-order valence-corrected chi connectivity index (χ4v) is 6.08. The Morgan fingerprint density at radius 2 is 2.26 bits per heavy atom. The summed E-state index contributed by atoms with van der Waals surface area (Å²) in [5, 5.41) is 0.413. The Bertz CT molecular complexity index is 519. The van der Waals surface area contributed by atoms with Gasteiger partial charge in [-0.3, -0.25) is 0 Å². The van der Waals surface area contributed by atoms with Crippen LogP contribution in [-0.2, 0) is 16.6 Å². The summed E-state index contributed by atoms with van der Waals surface area (Å²) < 4.78 is 27.3. The predicted octanol–water partition coefficient (Wildman–Crippen LogP) is 2.08. The number of nitrogens with one attached hydrogen (secondary N) is 1. The summed E-state index contributed by atoms with van der Waals surface area (Å²) in [6.45, 7) is 2.74. The van der Waals surface area contributed by atoms with Crippen molar-refractivity contribution in [1.82, 2.24) is 4.72 Å². The summed E-state index contributed by atoms with van der Waals surface area (Å²) in [7, 11) is -3.39. The van der Waals surface area contributed by atoms with Crippen LogP contribution >= 0.6 is 23.1 Å². The molecule has 1 aromatic rings. The van der Waals surface area contributed by atoms with Crippen molar-refractivity contribution in [2.24, 2.45) is 5.73 Å². The lowest BCUT2D eigenvalue weighted by Gasteiger charge is -2.21. The van der Waals surface area contributed by atoms with Gasteiger partial charge in [-0.1, -0.05) is 6.42 Å². The molecule has 0 bridgehead atoms. The molecule has 7 heteroatoms. The summed E-state index contributed by atoms with van der Waals surface area (Å²) in [6.07, 6.45) is 3.55. The summed E-state index contributed by atoms with van der Waals surface area (Å²) in [6, 6.07) is 1.69. The molecule has 2 heterocycles. The quantitative estimate of drug-likeness (QED) is 0.871. The van der Waals surface area contributed by atoms with Crippen LogP contribution < -0.4 is 10.5 Å². The molecule has 1 aliphatic heterocycles. The summed E-state index contributed by atoms with van der Waals surface area (Å²) >= 11 is 3.32. The molecule has 19 heavy (non-hydrogen) atoms. The zero-order valence-corrected chi connectivity index (χ0v) is 13.5. The van der Waals surface area contributed by atoms with E-state index >= 15 is 0 Å². The standard InChI is InChI=1S/C12H20N2O2S3/c1-9-12(6-11(7-13)18-9)19(15,16)14-8-10-4-2-3-5-17-10/h6,10,14H,2-5,7-8,13H2,1H3. The zero-order chi connectivity index (χ0) is 13.9. The molecule has 3 N–H and O–H groups in total. The van der Waals surface area contributed by atoms with Gasteiger partial charge in [0.05, 0.1) is 4.90 Å². The Hall–Kier alpha value is -0.0800. The molecule has 0 saturated carbocycles. The predicted molar refractivity (Wildman–Crippen MR) is 82.2 cm³/mol. The Morgan fingerprint density at radius 1 is 1.47 bits per heavy atom. The molecule has 1 aromatic heterocycles. The van der Waals surface area contributed by atoms with Crippen LogP contribution in [0.25, 0.3) is 0 Å². The van der Waals surface area contributed by atoms with E-state index in [0.717, 1.165) is 21.9 Å². The van der Waals surface area contributed by atoms with Gasteiger partial charge in [0.15, 0.2) is 0 Å². The molecule has 4 nitrogen and oxygen atoms in total. The first kappa shape index (κ1) is 15.3. The van der Waals surface area contributed by atoms with Gasteiger partial charge in [-0.15, -0.1) is 11.3 Å². The second-order valence-electron chi connectivity index (χ2n) is 4.68. The van der Waals surface area contributed by atoms with Crippen molar-refractivity contribution in [1.29, 1.82) is 0 Å². The van der Waals surface area contributed by atoms with Gasteiger partial charge in [0.1, 0.15) is 0 Å². The van der Waals surface area contributed by atoms with E-state index in [-0.39, 0.29) is 0 Å². The molecule has 1 saturated heterocycles. The maximum atomic E-state index is 12.3. The average molecular weight is 321 g/mol. The molecule has 0 radical (unpaired) electrons. The summed E-state index contributed by atoms with van der Waals surface area (Å²) in [5.74, 6) is 1.14. The minimum Gasteiger partial charge on any atom is -0.326 e. The normalized spacial score (nSPS) is 20.6. The van der Waals surface area contributed by atoms with Crippen LogP contribution in [0.15, 0.2) is 11.0 Å². The Balaban J connectivity index is 2.02. The first-order chi connectivity index (χ1) is 9.03. The molecule has 1 unspecified atom stereocenters. The molecular weight excluding hydrogens is 300 g/mol. The maximum absolute atomic E-state index is 12.3. The van der Waals surface area contributed by atoms with Crippen LogP contribution in [0.4, 0.5) is 0 Å². The highest BCUT2D eigenvalue weighted by Crippen LogP contribution is 2.27. The fraction of sp³-hybridized carbons (Fsp3) is 0.667. The van der Waals surface area contributed by atoms with E-state index in [4.69, 9.17) is 5.73 Å². The molecule has 108 valence electrons. The first-order valence-corrected chi connectivity index (χ1v) is 9.78. The van der Waals surface area contributed by atoms with Crippen LogP contribution in [0.3, 0.4) is 0 Å². The molecule has 1 fully saturated rings. The minimum absolute atomic E-state index is 0.388. The third-order valence-corrected chi connectivity index (χ3v) is 7.34. The highest BCUT2D eigenvalue weighted by molar-refractivity contribution is 8.00. The van der Waals surface area contributed by atoms with Crippen molar-refractivity contribution < 1.29 is 8.42 Å². The summed E-state index contributed by atoms with van der Waals surface area (Å²) in [4.78, 5) is 2.10. The van der Waals surface area contributed by atoms with Gasteiger partial charge in [-0.05, 0) is 31.6 Å². The van der Waals surface area contributed by atoms with E-state index in [1.807, 2.05) is 18.7 Å². The van der Waals surface area contributed by atoms with E-state index in [1.165, 1.54) is 24.2 Å². The zero-order valence-electron chi connectivity index (χ0n) is 11.0. The van der Waals surface area contributed by atoms with Gasteiger partial charge < -0.3 is 5.73 Å². The molecule has 0 spiro atoms. The largest absolute Gasteiger partial charge is 0.326 e. The summed E-state index contributed by atoms with van der Waals surface area (Å²) in [5.41, 5.74) is 5.56. The van der Waals surface area contributed by atoms with Crippen LogP contribution in [-0.4, -0.2) is 26.0 Å². The van der Waals surface area contributed by atoms with Gasteiger partial charge in [0.25, 0.3) is 0 Å². The smallest absolute Gasteiger partial charge is 0.241 e. The van der Waals surface area contributed by atoms with Crippen LogP contribution in [0.1, 0.15) is 29.0 Å². The van der Waals surface area contributed by atoms with Crippen molar-refractivity contribution in [3.8, 4) is 0 Å². The van der Waals surface area contributed by atoms with E-state index in [2.05, 4.69) is 4.72 Å². The lowest BCUT2D eigenvalue weighted by molar-refractivity contribution is 0.573. The van der Waals surface area contributed by atoms with E-state index in [1.54, 1.807) is 6.07 Å². The topological polar surface area (TPSA) is 72.2 Å². The molecule has 0 aromatic carbocycles. The van der Waals surface area contributed by atoms with Crippen molar-refractivity contribution in [2.45, 2.75) is 42.9 Å². The number of hydrogen-bond acceptors (Lipinski definition) is 5. The fourth-order valence-electron chi connectivity index (χ4n) is 2.14. The Morgan fingerprint density at radius 3 is 2.84 bits per heavy atom. The van der Waals surface area contributed by atoms with E-state index < -0.39 is 10.0 Å². The molecule has 1 atom stereocenters. The molecule has 1 aliphatic rings. The number of sulfonamides is 1. The van der Waals surface area contributed by atoms with Crippen LogP contribution in [0, 0.1) is 6.92 Å². The molecule has 0 aliphatic carbocycles. The van der Waals surface area contributed by atoms with Gasteiger partial charge in [0, 0.05) is 28.1 Å². The molecule has 2 rings (SSSR count). The molecule has 0 amide bonds. The van der Waals surface area contributed by atoms with E-state index in [0.29, 0.717) is 23.2 Å². The number of rotatable bonds is 5. The van der Waals surface area contributed by atoms with Crippen molar-refractivity contribution in [3.63, 3.8) is 0 Å². The minimum atomic E-state index is -3.39. The van der Waals surface area contributed by atoms with Crippen molar-refractivity contribution >= 4 is 33.1 Å². The van der Waals surface area contributed by atoms with Gasteiger partial charge in [-0.2, -0.15) is 11.8 Å². The van der Waals surface area contributed by atoms with Crippen molar-refractivity contribution in [3.05, 3.63) is 15.8 Å². The lowest BCUT2D eigenvalue weighted by atomic mass is 10.2. The number of thiophene rings is 1. The van der Waals surface area contributed by atoms with Gasteiger partial charge >= 0.3 is 0 Å². The number of hydrogen-bond donors (Lipinski definition) is 2. The Labute approximate surface area is 123 Å². The second-order valence-corrected chi connectivity index (χ2v) is 9.16. The van der Waals surface area contributed by atoms with Gasteiger partial charge in [0.2, 0.25) is 10.0 Å². The second kappa shape index (κ2) is 6.58. The Kier molecular flexibility index (Phi) is 5.30. The van der Waals surface area contributed by atoms with Gasteiger partial charge in [-0.25, -0.2) is 13.1 Å². The third-order valence-electron chi connectivity index (χ3n) is 3.19. The first-order valence-electron chi connectivity index (χ1n) is 6.43. The van der Waals surface area contributed by atoms with E-state index in [9.17, 15) is 8.42 Å². The monoisotopic (exact) mass is 320 g/mol. The molecular formula is C12H20N2O2S3. The number of thioether (sulfide) groups is 1. The average Bonchev–Trinajstić information content (AvgIpc) is 2.80. The lowest BCUT2D eigenvalue weighted by Crippen LogP contribution is -2.32. The van der Waals surface area contributed by atoms with Crippen molar-refractivity contribution in [2.75, 3.05) is 12.3 Å². The highest BCUT2D eigenvalue weighted by atomic mass is 32.2. The van der Waals surface area contributed by atoms with Crippen LogP contribution in [0.5, 0.6) is 0 Å². The maximum Gasteiger partial charge on any atom is 0.241 e. The third kappa shape index (κ3) is 3.95. The van der Waals surface area contributed by atoms with Crippen LogP contribution in [0.2, 0.25) is 0 Å².